The number of ether oxygens (including phenoxy) is 1. The van der Waals surface area contributed by atoms with E-state index in [-0.39, 0.29) is 11.0 Å². The highest BCUT2D eigenvalue weighted by molar-refractivity contribution is 6.27. The third-order valence-electron chi connectivity index (χ3n) is 1.37. The van der Waals surface area contributed by atoms with Gasteiger partial charge in [0.25, 0.3) is 5.35 Å². The van der Waals surface area contributed by atoms with Crippen LogP contribution in [0.5, 0.6) is 0 Å². The van der Waals surface area contributed by atoms with Gasteiger partial charge < -0.3 is 9.15 Å². The summed E-state index contributed by atoms with van der Waals surface area (Å²) in [6.07, 6.45) is 0.560. The van der Waals surface area contributed by atoms with Crippen LogP contribution in [-0.4, -0.2) is 18.1 Å². The standard InChI is InChI=1S/C7H8ClNO3/c1-3-4-5(6(10)11-2)9-7(8)12-4/h3H2,1-2H3. The van der Waals surface area contributed by atoms with Crippen LogP contribution in [0.4, 0.5) is 0 Å². The number of methoxy groups -OCH3 is 1. The minimum atomic E-state index is -0.525. The molecule has 0 saturated carbocycles. The number of carbonyl (C=O) groups is 1. The van der Waals surface area contributed by atoms with Gasteiger partial charge >= 0.3 is 5.97 Å². The molecule has 1 rings (SSSR count). The summed E-state index contributed by atoms with van der Waals surface area (Å²) in [7, 11) is 1.28. The highest BCUT2D eigenvalue weighted by Gasteiger charge is 2.17. The van der Waals surface area contributed by atoms with Crippen LogP contribution in [0, 0.1) is 0 Å². The lowest BCUT2D eigenvalue weighted by Gasteiger charge is -1.94. The van der Waals surface area contributed by atoms with Crippen molar-refractivity contribution in [3.63, 3.8) is 0 Å². The van der Waals surface area contributed by atoms with Crippen LogP contribution in [0.3, 0.4) is 0 Å². The quantitative estimate of drug-likeness (QED) is 0.665. The van der Waals surface area contributed by atoms with E-state index in [1.54, 1.807) is 0 Å². The maximum absolute atomic E-state index is 11.0. The third kappa shape index (κ3) is 1.58. The second-order valence-corrected chi connectivity index (χ2v) is 2.41. The molecule has 1 aromatic heterocycles. The topological polar surface area (TPSA) is 52.3 Å². The Hall–Kier alpha value is -1.03. The third-order valence-corrected chi connectivity index (χ3v) is 1.53. The van der Waals surface area contributed by atoms with Gasteiger partial charge in [0.15, 0.2) is 5.69 Å². The molecular weight excluding hydrogens is 182 g/mol. The molecule has 66 valence electrons. The summed E-state index contributed by atoms with van der Waals surface area (Å²) in [4.78, 5) is 14.7. The molecule has 0 atom stereocenters. The van der Waals surface area contributed by atoms with Crippen LogP contribution in [0.15, 0.2) is 4.42 Å². The molecule has 0 aromatic carbocycles. The zero-order valence-electron chi connectivity index (χ0n) is 6.76. The minimum Gasteiger partial charge on any atom is -0.464 e. The van der Waals surface area contributed by atoms with E-state index in [1.807, 2.05) is 6.92 Å². The first kappa shape index (κ1) is 9.06. The van der Waals surface area contributed by atoms with Crippen LogP contribution >= 0.6 is 11.6 Å². The first-order valence-corrected chi connectivity index (χ1v) is 3.80. The molecule has 0 fully saturated rings. The fourth-order valence-electron chi connectivity index (χ4n) is 0.819. The van der Waals surface area contributed by atoms with E-state index < -0.39 is 5.97 Å². The number of rotatable bonds is 2. The van der Waals surface area contributed by atoms with Crippen LogP contribution in [0.1, 0.15) is 23.2 Å². The maximum Gasteiger partial charge on any atom is 0.360 e. The fourth-order valence-corrected chi connectivity index (χ4v) is 0.996. The SMILES string of the molecule is CCc1oc(Cl)nc1C(=O)OC. The first-order chi connectivity index (χ1) is 5.69. The molecule has 0 aliphatic heterocycles. The van der Waals surface area contributed by atoms with Gasteiger partial charge in [-0.3, -0.25) is 0 Å². The zero-order chi connectivity index (χ0) is 9.14. The van der Waals surface area contributed by atoms with E-state index in [4.69, 9.17) is 16.0 Å². The monoisotopic (exact) mass is 189 g/mol. The number of halogens is 1. The Morgan fingerprint density at radius 2 is 2.42 bits per heavy atom. The number of nitrogens with zero attached hydrogens (tertiary/aromatic N) is 1. The summed E-state index contributed by atoms with van der Waals surface area (Å²) in [5.74, 6) is -0.0747. The van der Waals surface area contributed by atoms with Crippen LogP contribution < -0.4 is 0 Å². The number of esters is 1. The fraction of sp³-hybridized carbons (Fsp3) is 0.429. The van der Waals surface area contributed by atoms with Crippen molar-refractivity contribution in [3.05, 3.63) is 16.8 Å². The van der Waals surface area contributed by atoms with Gasteiger partial charge in [0.2, 0.25) is 0 Å². The first-order valence-electron chi connectivity index (χ1n) is 3.42. The van der Waals surface area contributed by atoms with Gasteiger partial charge in [-0.2, -0.15) is 4.98 Å². The molecular formula is C7H8ClNO3. The molecule has 1 heterocycles. The predicted octanol–water partition coefficient (Wildman–Crippen LogP) is 1.68. The molecule has 0 spiro atoms. The van der Waals surface area contributed by atoms with Gasteiger partial charge in [-0.25, -0.2) is 4.79 Å². The molecule has 0 N–H and O–H groups in total. The van der Waals surface area contributed by atoms with Gasteiger partial charge in [-0.15, -0.1) is 0 Å². The highest BCUT2D eigenvalue weighted by Crippen LogP contribution is 2.16. The Balaban J connectivity index is 3.04. The lowest BCUT2D eigenvalue weighted by molar-refractivity contribution is 0.0592. The molecule has 0 aliphatic rings. The van der Waals surface area contributed by atoms with Crippen LogP contribution in [-0.2, 0) is 11.2 Å². The normalized spacial score (nSPS) is 9.92. The van der Waals surface area contributed by atoms with Gasteiger partial charge in [-0.05, 0) is 11.6 Å². The van der Waals surface area contributed by atoms with Crippen molar-refractivity contribution in [2.45, 2.75) is 13.3 Å². The molecule has 1 aromatic rings. The van der Waals surface area contributed by atoms with Crippen LogP contribution in [0.25, 0.3) is 0 Å². The van der Waals surface area contributed by atoms with Crippen molar-refractivity contribution in [1.29, 1.82) is 0 Å². The average Bonchev–Trinajstić information content (AvgIpc) is 2.45. The van der Waals surface area contributed by atoms with E-state index in [1.165, 1.54) is 7.11 Å². The number of oxazole rings is 1. The Labute approximate surface area is 74.5 Å². The Kier molecular flexibility index (Phi) is 2.70. The van der Waals surface area contributed by atoms with Gasteiger partial charge in [0, 0.05) is 6.42 Å². The van der Waals surface area contributed by atoms with E-state index in [0.29, 0.717) is 12.2 Å². The number of hydrogen-bond donors (Lipinski definition) is 0. The lowest BCUT2D eigenvalue weighted by Crippen LogP contribution is -2.04. The Morgan fingerprint density at radius 3 is 2.92 bits per heavy atom. The zero-order valence-corrected chi connectivity index (χ0v) is 7.51. The van der Waals surface area contributed by atoms with E-state index in [0.717, 1.165) is 0 Å². The molecule has 0 aliphatic carbocycles. The highest BCUT2D eigenvalue weighted by atomic mass is 35.5. The van der Waals surface area contributed by atoms with Gasteiger partial charge in [0.05, 0.1) is 7.11 Å². The number of carbonyl (C=O) groups excluding carboxylic acids is 1. The average molecular weight is 190 g/mol. The Morgan fingerprint density at radius 1 is 1.75 bits per heavy atom. The van der Waals surface area contributed by atoms with E-state index >= 15 is 0 Å². The van der Waals surface area contributed by atoms with Crippen molar-refractivity contribution < 1.29 is 13.9 Å². The lowest BCUT2D eigenvalue weighted by atomic mass is 10.3. The van der Waals surface area contributed by atoms with Crippen molar-refractivity contribution in [1.82, 2.24) is 4.98 Å². The largest absolute Gasteiger partial charge is 0.464 e. The molecule has 0 radical (unpaired) electrons. The van der Waals surface area contributed by atoms with Crippen LogP contribution in [0.2, 0.25) is 5.35 Å². The molecule has 0 saturated heterocycles. The van der Waals surface area contributed by atoms with Crippen molar-refractivity contribution >= 4 is 17.6 Å². The van der Waals surface area contributed by atoms with E-state index in [9.17, 15) is 4.79 Å². The summed E-state index contributed by atoms with van der Waals surface area (Å²) >= 11 is 5.46. The summed E-state index contributed by atoms with van der Waals surface area (Å²) in [6.45, 7) is 1.84. The van der Waals surface area contributed by atoms with Crippen molar-refractivity contribution in [2.24, 2.45) is 0 Å². The van der Waals surface area contributed by atoms with Crippen molar-refractivity contribution in [2.75, 3.05) is 7.11 Å². The second kappa shape index (κ2) is 3.58. The summed E-state index contributed by atoms with van der Waals surface area (Å²) in [5.41, 5.74) is 0.157. The molecule has 0 amide bonds. The molecule has 0 bridgehead atoms. The maximum atomic E-state index is 11.0. The van der Waals surface area contributed by atoms with Crippen molar-refractivity contribution in [3.8, 4) is 0 Å². The van der Waals surface area contributed by atoms with Gasteiger partial charge in [-0.1, -0.05) is 6.92 Å². The summed E-state index contributed by atoms with van der Waals surface area (Å²) in [5, 5.41) is -0.0350. The summed E-state index contributed by atoms with van der Waals surface area (Å²) < 4.78 is 9.41. The molecule has 5 heteroatoms. The number of aryl methyl sites for hydroxylation is 1. The molecule has 0 unspecified atom stereocenters. The minimum absolute atomic E-state index is 0.0350. The second-order valence-electron chi connectivity index (χ2n) is 2.08. The summed E-state index contributed by atoms with van der Waals surface area (Å²) in [6, 6.07) is 0. The smallest absolute Gasteiger partial charge is 0.360 e. The van der Waals surface area contributed by atoms with Gasteiger partial charge in [0.1, 0.15) is 5.76 Å². The van der Waals surface area contributed by atoms with E-state index in [2.05, 4.69) is 9.72 Å². The Bertz CT molecular complexity index is 295. The number of aromatic nitrogens is 1. The molecule has 4 nitrogen and oxygen atoms in total. The predicted molar refractivity (Wildman–Crippen MR) is 42.2 cm³/mol. The molecule has 12 heavy (non-hydrogen) atoms. The number of hydrogen-bond acceptors (Lipinski definition) is 4.